The summed E-state index contributed by atoms with van der Waals surface area (Å²) in [5.74, 6) is 0. The molecule has 0 spiro atoms. The zero-order valence-corrected chi connectivity index (χ0v) is 13.8. The Balaban J connectivity index is 3.67. The average Bonchev–Trinajstić information content (AvgIpc) is 2.07. The minimum Gasteiger partial charge on any atom is -0.235 e. The number of aromatic nitrogens is 1. The van der Waals surface area contributed by atoms with Crippen LogP contribution in [0.1, 0.15) is 11.3 Å². The zero-order chi connectivity index (χ0) is 13.6. The number of pyridine rings is 1. The van der Waals surface area contributed by atoms with E-state index in [2.05, 4.69) is 4.98 Å². The molecule has 0 atom stereocenters. The summed E-state index contributed by atoms with van der Waals surface area (Å²) >= 11 is 3.71. The van der Waals surface area contributed by atoms with Gasteiger partial charge in [0.2, 0.25) is 0 Å². The SMILES string of the molecule is FC(F)(F)c1nc(I)c(I)c(C(F)(F)F)c1I. The van der Waals surface area contributed by atoms with Crippen molar-refractivity contribution in [1.29, 1.82) is 0 Å². The molecular formula is C7F6I3N. The molecule has 1 aromatic heterocycles. The fourth-order valence-electron chi connectivity index (χ4n) is 0.951. The predicted molar refractivity (Wildman–Crippen MR) is 72.4 cm³/mol. The largest absolute Gasteiger partial charge is 0.434 e. The van der Waals surface area contributed by atoms with Crippen molar-refractivity contribution in [1.82, 2.24) is 4.98 Å². The van der Waals surface area contributed by atoms with Gasteiger partial charge >= 0.3 is 12.4 Å². The molecule has 0 saturated heterocycles. The Morgan fingerprint density at radius 2 is 1.24 bits per heavy atom. The molecule has 0 N–H and O–H groups in total. The Kier molecular flexibility index (Phi) is 4.82. The molecule has 1 aromatic rings. The van der Waals surface area contributed by atoms with Gasteiger partial charge in [0.25, 0.3) is 0 Å². The van der Waals surface area contributed by atoms with Crippen LogP contribution in [0.4, 0.5) is 26.3 Å². The van der Waals surface area contributed by atoms with E-state index in [1.165, 1.54) is 45.2 Å². The van der Waals surface area contributed by atoms with Crippen molar-refractivity contribution in [2.24, 2.45) is 0 Å². The maximum atomic E-state index is 12.6. The smallest absolute Gasteiger partial charge is 0.235 e. The van der Waals surface area contributed by atoms with Crippen molar-refractivity contribution in [2.45, 2.75) is 12.4 Å². The lowest BCUT2D eigenvalue weighted by molar-refractivity contribution is -0.147. The zero-order valence-electron chi connectivity index (χ0n) is 7.35. The van der Waals surface area contributed by atoms with Crippen LogP contribution < -0.4 is 0 Å². The number of nitrogens with zero attached hydrogens (tertiary/aromatic N) is 1. The van der Waals surface area contributed by atoms with E-state index in [1.54, 1.807) is 0 Å². The standard InChI is InChI=1S/C7F6I3N/c8-6(9,10)1-2(14)4(7(11,12)13)17-5(16)3(1)15. The van der Waals surface area contributed by atoms with Gasteiger partial charge in [-0.1, -0.05) is 0 Å². The van der Waals surface area contributed by atoms with Crippen LogP contribution in [0.3, 0.4) is 0 Å². The number of rotatable bonds is 0. The highest BCUT2D eigenvalue weighted by Gasteiger charge is 2.43. The van der Waals surface area contributed by atoms with Gasteiger partial charge in [-0.05, 0) is 67.8 Å². The Hall–Kier alpha value is 0.920. The van der Waals surface area contributed by atoms with Crippen molar-refractivity contribution in [3.63, 3.8) is 0 Å². The highest BCUT2D eigenvalue weighted by Crippen LogP contribution is 2.42. The van der Waals surface area contributed by atoms with Crippen LogP contribution in [0.15, 0.2) is 0 Å². The van der Waals surface area contributed by atoms with Crippen LogP contribution in [0.25, 0.3) is 0 Å². The second-order valence-electron chi connectivity index (χ2n) is 2.75. The lowest BCUT2D eigenvalue weighted by Gasteiger charge is -2.16. The lowest BCUT2D eigenvalue weighted by Crippen LogP contribution is -2.20. The summed E-state index contributed by atoms with van der Waals surface area (Å²) < 4.78 is 73.8. The van der Waals surface area contributed by atoms with Gasteiger partial charge in [-0.3, -0.25) is 0 Å². The van der Waals surface area contributed by atoms with Crippen LogP contribution in [0.5, 0.6) is 0 Å². The Labute approximate surface area is 132 Å². The van der Waals surface area contributed by atoms with Crippen molar-refractivity contribution >= 4 is 67.8 Å². The molecule has 96 valence electrons. The number of alkyl halides is 6. The number of hydrogen-bond acceptors (Lipinski definition) is 1. The van der Waals surface area contributed by atoms with Crippen molar-refractivity contribution < 1.29 is 26.3 Å². The molecule has 1 nitrogen and oxygen atoms in total. The summed E-state index contributed by atoms with van der Waals surface area (Å²) in [5, 5.41) is 0. The first-order valence-electron chi connectivity index (χ1n) is 3.65. The van der Waals surface area contributed by atoms with E-state index in [4.69, 9.17) is 0 Å². The van der Waals surface area contributed by atoms with Gasteiger partial charge in [0.1, 0.15) is 3.70 Å². The Bertz CT molecular complexity index is 452. The maximum absolute atomic E-state index is 12.6. The van der Waals surface area contributed by atoms with E-state index in [0.717, 1.165) is 22.6 Å². The summed E-state index contributed by atoms with van der Waals surface area (Å²) in [4.78, 5) is 3.16. The van der Waals surface area contributed by atoms with Crippen molar-refractivity contribution in [2.75, 3.05) is 0 Å². The second kappa shape index (κ2) is 5.13. The quantitative estimate of drug-likeness (QED) is 0.237. The molecule has 0 saturated carbocycles. The third-order valence-electron chi connectivity index (χ3n) is 1.59. The molecule has 17 heavy (non-hydrogen) atoms. The fraction of sp³-hybridized carbons (Fsp3) is 0.286. The number of hydrogen-bond donors (Lipinski definition) is 0. The Morgan fingerprint density at radius 1 is 0.765 bits per heavy atom. The molecule has 0 amide bonds. The van der Waals surface area contributed by atoms with E-state index < -0.39 is 27.2 Å². The summed E-state index contributed by atoms with van der Waals surface area (Å²) in [5.41, 5.74) is -2.79. The molecular weight excluding hydrogens is 593 g/mol. The van der Waals surface area contributed by atoms with Crippen LogP contribution >= 0.6 is 67.8 Å². The van der Waals surface area contributed by atoms with Crippen molar-refractivity contribution in [3.05, 3.63) is 22.1 Å². The van der Waals surface area contributed by atoms with E-state index >= 15 is 0 Å². The molecule has 0 aromatic carbocycles. The average molecular weight is 593 g/mol. The van der Waals surface area contributed by atoms with E-state index in [1.807, 2.05) is 0 Å². The molecule has 0 aliphatic rings. The van der Waals surface area contributed by atoms with Crippen molar-refractivity contribution in [3.8, 4) is 0 Å². The molecule has 1 rings (SSSR count). The highest BCUT2D eigenvalue weighted by molar-refractivity contribution is 14.1. The molecule has 1 heterocycles. The summed E-state index contributed by atoms with van der Waals surface area (Å²) in [6.45, 7) is 0. The normalized spacial score (nSPS) is 13.0. The maximum Gasteiger partial charge on any atom is 0.434 e. The third kappa shape index (κ3) is 3.48. The van der Waals surface area contributed by atoms with Crippen LogP contribution in [0, 0.1) is 10.8 Å². The van der Waals surface area contributed by atoms with Gasteiger partial charge in [-0.15, -0.1) is 0 Å². The molecule has 0 aliphatic heterocycles. The van der Waals surface area contributed by atoms with Gasteiger partial charge in [0, 0.05) is 0 Å². The third-order valence-corrected chi connectivity index (χ3v) is 5.50. The van der Waals surface area contributed by atoms with Crippen LogP contribution in [0.2, 0.25) is 0 Å². The first-order chi connectivity index (χ1) is 7.46. The van der Waals surface area contributed by atoms with Gasteiger partial charge in [-0.2, -0.15) is 26.3 Å². The van der Waals surface area contributed by atoms with Gasteiger partial charge < -0.3 is 0 Å². The minimum absolute atomic E-state index is 0.316. The first kappa shape index (κ1) is 16.0. The van der Waals surface area contributed by atoms with Gasteiger partial charge in [-0.25, -0.2) is 4.98 Å². The summed E-state index contributed by atoms with van der Waals surface area (Å²) in [7, 11) is 0. The molecule has 0 radical (unpaired) electrons. The van der Waals surface area contributed by atoms with Crippen LogP contribution in [-0.4, -0.2) is 4.98 Å². The topological polar surface area (TPSA) is 12.9 Å². The van der Waals surface area contributed by atoms with Gasteiger partial charge in [0.05, 0.1) is 12.7 Å². The number of halogens is 9. The highest BCUT2D eigenvalue weighted by atomic mass is 127. The van der Waals surface area contributed by atoms with E-state index in [-0.39, 0.29) is 7.27 Å². The van der Waals surface area contributed by atoms with E-state index in [0.29, 0.717) is 0 Å². The molecule has 0 fully saturated rings. The minimum atomic E-state index is -4.90. The molecule has 0 bridgehead atoms. The van der Waals surface area contributed by atoms with Gasteiger partial charge in [0.15, 0.2) is 5.69 Å². The fourth-order valence-corrected chi connectivity index (χ4v) is 3.68. The molecule has 0 aliphatic carbocycles. The monoisotopic (exact) mass is 593 g/mol. The summed E-state index contributed by atoms with van der Waals surface area (Å²) in [6.07, 6.45) is -9.74. The predicted octanol–water partition coefficient (Wildman–Crippen LogP) is 4.93. The van der Waals surface area contributed by atoms with E-state index in [9.17, 15) is 26.3 Å². The molecule has 0 unspecified atom stereocenters. The summed E-state index contributed by atoms with van der Waals surface area (Å²) in [6, 6.07) is 0. The second-order valence-corrected chi connectivity index (χ2v) is 5.93. The Morgan fingerprint density at radius 3 is 1.59 bits per heavy atom. The molecule has 10 heteroatoms. The van der Waals surface area contributed by atoms with Crippen LogP contribution in [-0.2, 0) is 12.4 Å². The lowest BCUT2D eigenvalue weighted by atomic mass is 10.2. The first-order valence-corrected chi connectivity index (χ1v) is 6.88.